The minimum Gasteiger partial charge on any atom is -0.453 e. The average molecular weight is 133 g/mol. The summed E-state index contributed by atoms with van der Waals surface area (Å²) in [5, 5.41) is 0.822. The zero-order valence-corrected chi connectivity index (χ0v) is 5.16. The van der Waals surface area contributed by atoms with Gasteiger partial charge in [0.25, 0.3) is 0 Å². The van der Waals surface area contributed by atoms with Crippen LogP contribution in [-0.4, -0.2) is 4.98 Å². The van der Waals surface area contributed by atoms with Gasteiger partial charge in [0.2, 0.25) is 0 Å². The van der Waals surface area contributed by atoms with E-state index in [0.29, 0.717) is 5.82 Å². The quantitative estimate of drug-likeness (QED) is 0.587. The van der Waals surface area contributed by atoms with Crippen LogP contribution in [0.25, 0.3) is 11.0 Å². The maximum Gasteiger partial charge on any atom is 0.170 e. The van der Waals surface area contributed by atoms with Crippen LogP contribution in [0.15, 0.2) is 22.7 Å². The number of nitrogen functional groups attached to an aromatic ring is 1. The van der Waals surface area contributed by atoms with E-state index in [0.717, 1.165) is 11.0 Å². The third-order valence-electron chi connectivity index (χ3n) is 1.35. The van der Waals surface area contributed by atoms with Crippen LogP contribution in [0.4, 0.5) is 5.82 Å². The minimum atomic E-state index is 0.488. The van der Waals surface area contributed by atoms with Crippen LogP contribution in [0.2, 0.25) is 0 Å². The molecule has 10 heavy (non-hydrogen) atoms. The van der Waals surface area contributed by atoms with E-state index in [9.17, 15) is 0 Å². The van der Waals surface area contributed by atoms with Crippen molar-refractivity contribution in [1.29, 1.82) is 0 Å². The molecule has 0 aliphatic heterocycles. The van der Waals surface area contributed by atoms with Gasteiger partial charge in [0.1, 0.15) is 11.4 Å². The van der Waals surface area contributed by atoms with Gasteiger partial charge < -0.3 is 10.2 Å². The first-order chi connectivity index (χ1) is 4.88. The smallest absolute Gasteiger partial charge is 0.170 e. The Bertz CT molecular complexity index is 353. The van der Waals surface area contributed by atoms with Crippen molar-refractivity contribution in [2.75, 3.05) is 5.73 Å². The molecule has 2 aromatic rings. The minimum absolute atomic E-state index is 0.488. The molecule has 0 fully saturated rings. The van der Waals surface area contributed by atoms with Gasteiger partial charge in [-0.2, -0.15) is 0 Å². The number of nitrogens with zero attached hydrogens (tertiary/aromatic N) is 1. The molecule has 3 nitrogen and oxygen atoms in total. The lowest BCUT2D eigenvalue weighted by Crippen LogP contribution is -1.87. The molecular weight excluding hydrogens is 128 g/mol. The highest BCUT2D eigenvalue weighted by Gasteiger charge is 1.98. The predicted molar refractivity (Wildman–Crippen MR) is 37.3 cm³/mol. The maximum atomic E-state index is 5.51. The Morgan fingerprint density at radius 1 is 1.60 bits per heavy atom. The highest BCUT2D eigenvalue weighted by atomic mass is 16.3. The van der Waals surface area contributed by atoms with Crippen molar-refractivity contribution in [2.45, 2.75) is 0 Å². The van der Waals surface area contributed by atoms with Crippen molar-refractivity contribution in [3.05, 3.63) is 24.6 Å². The van der Waals surface area contributed by atoms with E-state index < -0.39 is 0 Å². The van der Waals surface area contributed by atoms with E-state index >= 15 is 0 Å². The summed E-state index contributed by atoms with van der Waals surface area (Å²) in [5.74, 6) is 0.488. The monoisotopic (exact) mass is 133 g/mol. The number of pyridine rings is 1. The van der Waals surface area contributed by atoms with E-state index in [-0.39, 0.29) is 0 Å². The molecule has 2 rings (SSSR count). The summed E-state index contributed by atoms with van der Waals surface area (Å²) in [5.41, 5.74) is 6.24. The number of hydrogen-bond donors (Lipinski definition) is 1. The summed E-state index contributed by atoms with van der Waals surface area (Å²) < 4.78 is 4.95. The van der Waals surface area contributed by atoms with Gasteiger partial charge in [-0.3, -0.25) is 0 Å². The fourth-order valence-electron chi connectivity index (χ4n) is 0.857. The lowest BCUT2D eigenvalue weighted by Gasteiger charge is -1.89. The van der Waals surface area contributed by atoms with Crippen molar-refractivity contribution in [2.24, 2.45) is 0 Å². The second-order valence-electron chi connectivity index (χ2n) is 1.97. The van der Waals surface area contributed by atoms with Crippen molar-refractivity contribution >= 4 is 16.8 Å². The van der Waals surface area contributed by atoms with E-state index in [1.54, 1.807) is 18.3 Å². The number of furan rings is 1. The van der Waals surface area contributed by atoms with Crippen molar-refractivity contribution in [3.8, 4) is 0 Å². The molecule has 0 amide bonds. The topological polar surface area (TPSA) is 52.0 Å². The van der Waals surface area contributed by atoms with E-state index in [1.807, 2.05) is 0 Å². The normalized spacial score (nSPS) is 10.4. The maximum absolute atomic E-state index is 5.51. The Kier molecular flexibility index (Phi) is 0.917. The molecular formula is C7H5N2O. The molecule has 0 aromatic carbocycles. The van der Waals surface area contributed by atoms with E-state index in [4.69, 9.17) is 10.2 Å². The lowest BCUT2D eigenvalue weighted by atomic mass is 10.3. The zero-order valence-electron chi connectivity index (χ0n) is 5.16. The third-order valence-corrected chi connectivity index (χ3v) is 1.35. The van der Waals surface area contributed by atoms with Crippen LogP contribution < -0.4 is 5.73 Å². The van der Waals surface area contributed by atoms with Gasteiger partial charge in [-0.05, 0) is 12.1 Å². The van der Waals surface area contributed by atoms with Gasteiger partial charge in [-0.15, -0.1) is 0 Å². The molecule has 1 radical (unpaired) electrons. The van der Waals surface area contributed by atoms with Gasteiger partial charge in [0, 0.05) is 6.20 Å². The van der Waals surface area contributed by atoms with Crippen LogP contribution in [0.1, 0.15) is 0 Å². The second kappa shape index (κ2) is 1.73. The Labute approximate surface area is 57.5 Å². The lowest BCUT2D eigenvalue weighted by molar-refractivity contribution is 0.606. The summed E-state index contributed by atoms with van der Waals surface area (Å²) in [7, 11) is 0. The number of rotatable bonds is 0. The highest BCUT2D eigenvalue weighted by Crippen LogP contribution is 2.17. The Hall–Kier alpha value is -1.51. The third kappa shape index (κ3) is 0.572. The molecule has 0 bridgehead atoms. The Balaban J connectivity index is 2.95. The van der Waals surface area contributed by atoms with Crippen LogP contribution in [-0.2, 0) is 0 Å². The molecule has 0 aliphatic rings. The first-order valence-electron chi connectivity index (χ1n) is 2.88. The fraction of sp³-hybridized carbons (Fsp3) is 0. The van der Waals surface area contributed by atoms with Crippen LogP contribution in [0.3, 0.4) is 0 Å². The van der Waals surface area contributed by atoms with E-state index in [1.165, 1.54) is 0 Å². The van der Waals surface area contributed by atoms with Crippen LogP contribution in [0.5, 0.6) is 0 Å². The number of anilines is 1. The summed E-state index contributed by atoms with van der Waals surface area (Å²) in [4.78, 5) is 3.88. The van der Waals surface area contributed by atoms with Gasteiger partial charge in [0.05, 0.1) is 5.39 Å². The first kappa shape index (κ1) is 5.29. The summed E-state index contributed by atoms with van der Waals surface area (Å²) in [6.07, 6.45) is 4.19. The number of fused-ring (bicyclic) bond motifs is 1. The molecule has 0 atom stereocenters. The second-order valence-corrected chi connectivity index (χ2v) is 1.97. The molecule has 2 N–H and O–H groups in total. The summed E-state index contributed by atoms with van der Waals surface area (Å²) >= 11 is 0. The molecule has 3 heteroatoms. The molecule has 0 aliphatic carbocycles. The molecule has 2 heterocycles. The highest BCUT2D eigenvalue weighted by molar-refractivity contribution is 5.86. The predicted octanol–water partition coefficient (Wildman–Crippen LogP) is 1.21. The molecule has 0 saturated carbocycles. The molecule has 49 valence electrons. The van der Waals surface area contributed by atoms with Crippen molar-refractivity contribution < 1.29 is 4.42 Å². The largest absolute Gasteiger partial charge is 0.453 e. The van der Waals surface area contributed by atoms with Gasteiger partial charge >= 0.3 is 0 Å². The van der Waals surface area contributed by atoms with Crippen LogP contribution >= 0.6 is 0 Å². The number of nitrogens with two attached hydrogens (primary N) is 1. The first-order valence-corrected chi connectivity index (χ1v) is 2.88. The summed E-state index contributed by atoms with van der Waals surface area (Å²) in [6, 6.07) is 3.43. The van der Waals surface area contributed by atoms with E-state index in [2.05, 4.69) is 11.2 Å². The average Bonchev–Trinajstić information content (AvgIpc) is 2.36. The van der Waals surface area contributed by atoms with Gasteiger partial charge in [-0.1, -0.05) is 0 Å². The molecule has 0 spiro atoms. The van der Waals surface area contributed by atoms with Crippen molar-refractivity contribution in [3.63, 3.8) is 0 Å². The fourth-order valence-corrected chi connectivity index (χ4v) is 0.857. The standard InChI is InChI=1S/C7H5N2O/c8-7-5-2-4-10-6(5)1-3-9-7/h1-3H,(H2,8,9). The molecule has 0 saturated heterocycles. The molecule has 0 unspecified atom stereocenters. The van der Waals surface area contributed by atoms with Crippen molar-refractivity contribution in [1.82, 2.24) is 4.98 Å². The number of hydrogen-bond acceptors (Lipinski definition) is 3. The SMILES string of the molecule is Nc1nccc2o[c]cc12. The Morgan fingerprint density at radius 2 is 2.50 bits per heavy atom. The van der Waals surface area contributed by atoms with Gasteiger partial charge in [-0.25, -0.2) is 4.98 Å². The zero-order chi connectivity index (χ0) is 6.97. The Morgan fingerprint density at radius 3 is 3.30 bits per heavy atom. The summed E-state index contributed by atoms with van der Waals surface area (Å²) in [6.45, 7) is 0. The molecule has 2 aromatic heterocycles. The number of aromatic nitrogens is 1. The van der Waals surface area contributed by atoms with Gasteiger partial charge in [0.15, 0.2) is 6.26 Å². The van der Waals surface area contributed by atoms with Crippen LogP contribution in [0, 0.1) is 6.26 Å².